The Morgan fingerprint density at radius 3 is 2.82 bits per heavy atom. The average Bonchev–Trinajstić information content (AvgIpc) is 2.46. The molecule has 1 heterocycles. The van der Waals surface area contributed by atoms with Crippen molar-refractivity contribution in [2.45, 2.75) is 31.7 Å². The normalized spacial score (nSPS) is 20.5. The van der Waals surface area contributed by atoms with Crippen LogP contribution in [0.15, 0.2) is 18.2 Å². The molecule has 0 bridgehead atoms. The summed E-state index contributed by atoms with van der Waals surface area (Å²) < 4.78 is 5.35. The lowest BCUT2D eigenvalue weighted by Crippen LogP contribution is -2.56. The first kappa shape index (κ1) is 15.4. The zero-order valence-corrected chi connectivity index (χ0v) is 13.5. The number of carbonyl (C=O) groups excluding carboxylic acids is 1. The van der Waals surface area contributed by atoms with Gasteiger partial charge in [-0.3, -0.25) is 4.79 Å². The van der Waals surface area contributed by atoms with Crippen molar-refractivity contribution in [1.29, 1.82) is 0 Å². The molecule has 0 spiro atoms. The third-order valence-corrected chi connectivity index (χ3v) is 4.77. The number of carbonyl (C=O) groups is 1. The van der Waals surface area contributed by atoms with Gasteiger partial charge in [0.25, 0.3) is 0 Å². The minimum Gasteiger partial charge on any atom is -0.372 e. The van der Waals surface area contributed by atoms with E-state index in [4.69, 9.17) is 22.7 Å². The van der Waals surface area contributed by atoms with Crippen molar-refractivity contribution >= 4 is 34.5 Å². The van der Waals surface area contributed by atoms with Crippen LogP contribution in [0.4, 0.5) is 11.4 Å². The number of benzene rings is 1. The van der Waals surface area contributed by atoms with Crippen molar-refractivity contribution in [2.24, 2.45) is 5.73 Å². The van der Waals surface area contributed by atoms with E-state index in [2.05, 4.69) is 10.2 Å². The Morgan fingerprint density at radius 2 is 2.23 bits per heavy atom. The summed E-state index contributed by atoms with van der Waals surface area (Å²) in [5.74, 6) is -0.0900. The second kappa shape index (κ2) is 5.95. The van der Waals surface area contributed by atoms with Crippen molar-refractivity contribution in [3.8, 4) is 0 Å². The summed E-state index contributed by atoms with van der Waals surface area (Å²) in [5.41, 5.74) is 8.28. The van der Waals surface area contributed by atoms with Crippen LogP contribution in [0.25, 0.3) is 0 Å². The molecule has 2 fully saturated rings. The number of thiocarbonyl (C=S) groups is 1. The molecular formula is C16H21N3O2S. The standard InChI is InChI=1S/C16H21N3O2S/c1-11-9-12(18-15(20)16(17)5-2-6-16)3-4-13(11)19-7-8-21-10-14(19)22/h3-4,9H,2,5-8,10,17H2,1H3,(H,18,20). The highest BCUT2D eigenvalue weighted by Crippen LogP contribution is 2.31. The fraction of sp³-hybridized carbons (Fsp3) is 0.500. The van der Waals surface area contributed by atoms with Crippen LogP contribution in [0.2, 0.25) is 0 Å². The fourth-order valence-corrected chi connectivity index (χ4v) is 3.12. The van der Waals surface area contributed by atoms with Crippen molar-refractivity contribution in [3.63, 3.8) is 0 Å². The van der Waals surface area contributed by atoms with Crippen molar-refractivity contribution in [1.82, 2.24) is 0 Å². The van der Waals surface area contributed by atoms with E-state index in [1.807, 2.05) is 25.1 Å². The van der Waals surface area contributed by atoms with Gasteiger partial charge in [0.15, 0.2) is 0 Å². The molecule has 1 aromatic carbocycles. The van der Waals surface area contributed by atoms with Crippen LogP contribution in [0.3, 0.4) is 0 Å². The van der Waals surface area contributed by atoms with E-state index in [-0.39, 0.29) is 5.91 Å². The van der Waals surface area contributed by atoms with Gasteiger partial charge in [0.1, 0.15) is 4.99 Å². The molecule has 118 valence electrons. The number of hydrogen-bond acceptors (Lipinski definition) is 4. The predicted molar refractivity (Wildman–Crippen MR) is 91.3 cm³/mol. The van der Waals surface area contributed by atoms with Crippen molar-refractivity contribution in [2.75, 3.05) is 30.0 Å². The molecule has 1 aliphatic carbocycles. The second-order valence-electron chi connectivity index (χ2n) is 6.06. The Labute approximate surface area is 135 Å². The molecule has 2 aliphatic rings. The van der Waals surface area contributed by atoms with Gasteiger partial charge in [-0.15, -0.1) is 0 Å². The van der Waals surface area contributed by atoms with Gasteiger partial charge < -0.3 is 20.7 Å². The van der Waals surface area contributed by atoms with Crippen molar-refractivity contribution < 1.29 is 9.53 Å². The number of nitrogens with one attached hydrogen (secondary N) is 1. The number of morpholine rings is 1. The summed E-state index contributed by atoms with van der Waals surface area (Å²) in [4.78, 5) is 15.1. The number of aryl methyl sites for hydroxylation is 1. The largest absolute Gasteiger partial charge is 0.372 e. The van der Waals surface area contributed by atoms with E-state index in [0.29, 0.717) is 13.2 Å². The second-order valence-corrected chi connectivity index (χ2v) is 6.53. The molecule has 5 nitrogen and oxygen atoms in total. The van der Waals surface area contributed by atoms with E-state index < -0.39 is 5.54 Å². The summed E-state index contributed by atoms with van der Waals surface area (Å²) in [7, 11) is 0. The Hall–Kier alpha value is -1.50. The third kappa shape index (κ3) is 2.86. The zero-order valence-electron chi connectivity index (χ0n) is 12.7. The summed E-state index contributed by atoms with van der Waals surface area (Å²) in [5, 5.41) is 2.93. The first-order chi connectivity index (χ1) is 10.5. The number of anilines is 2. The predicted octanol–water partition coefficient (Wildman–Crippen LogP) is 1.98. The van der Waals surface area contributed by atoms with Gasteiger partial charge in [0.05, 0.1) is 18.8 Å². The summed E-state index contributed by atoms with van der Waals surface area (Å²) in [6, 6.07) is 5.86. The first-order valence-corrected chi connectivity index (χ1v) is 7.99. The topological polar surface area (TPSA) is 67.6 Å². The Kier molecular flexibility index (Phi) is 4.16. The summed E-state index contributed by atoms with van der Waals surface area (Å²) in [6.07, 6.45) is 2.55. The van der Waals surface area contributed by atoms with E-state index in [9.17, 15) is 4.79 Å². The van der Waals surface area contributed by atoms with E-state index >= 15 is 0 Å². The summed E-state index contributed by atoms with van der Waals surface area (Å²) >= 11 is 5.36. The van der Waals surface area contributed by atoms with Gasteiger partial charge in [-0.25, -0.2) is 0 Å². The maximum Gasteiger partial charge on any atom is 0.244 e. The molecule has 3 rings (SSSR count). The van der Waals surface area contributed by atoms with Crippen LogP contribution in [0, 0.1) is 6.92 Å². The molecule has 0 radical (unpaired) electrons. The molecule has 1 saturated carbocycles. The smallest absolute Gasteiger partial charge is 0.244 e. The van der Waals surface area contributed by atoms with Gasteiger partial charge in [0.2, 0.25) is 5.91 Å². The molecule has 1 aliphatic heterocycles. The fourth-order valence-electron chi connectivity index (χ4n) is 2.85. The number of amides is 1. The van der Waals surface area contributed by atoms with Gasteiger partial charge in [-0.2, -0.15) is 0 Å². The Morgan fingerprint density at radius 1 is 1.45 bits per heavy atom. The van der Waals surface area contributed by atoms with Crippen molar-refractivity contribution in [3.05, 3.63) is 23.8 Å². The van der Waals surface area contributed by atoms with Crippen LogP contribution < -0.4 is 16.0 Å². The molecule has 0 unspecified atom stereocenters. The Balaban J connectivity index is 1.74. The molecule has 0 aromatic heterocycles. The molecular weight excluding hydrogens is 298 g/mol. The van der Waals surface area contributed by atoms with Gasteiger partial charge >= 0.3 is 0 Å². The first-order valence-electron chi connectivity index (χ1n) is 7.59. The zero-order chi connectivity index (χ0) is 15.7. The molecule has 6 heteroatoms. The minimum atomic E-state index is -0.682. The lowest BCUT2D eigenvalue weighted by atomic mass is 9.77. The molecule has 3 N–H and O–H groups in total. The lowest BCUT2D eigenvalue weighted by molar-refractivity contribution is -0.123. The average molecular weight is 319 g/mol. The Bertz CT molecular complexity index is 613. The maximum atomic E-state index is 12.2. The molecule has 1 amide bonds. The van der Waals surface area contributed by atoms with Crippen LogP contribution in [0.1, 0.15) is 24.8 Å². The lowest BCUT2D eigenvalue weighted by Gasteiger charge is -2.36. The SMILES string of the molecule is Cc1cc(NC(=O)C2(N)CCC2)ccc1N1CCOCC1=S. The van der Waals surface area contributed by atoms with Gasteiger partial charge in [-0.05, 0) is 49.9 Å². The number of rotatable bonds is 3. The van der Waals surface area contributed by atoms with Gasteiger partial charge in [0, 0.05) is 17.9 Å². The van der Waals surface area contributed by atoms with E-state index in [0.717, 1.165) is 47.7 Å². The highest BCUT2D eigenvalue weighted by atomic mass is 32.1. The molecule has 0 atom stereocenters. The highest BCUT2D eigenvalue weighted by Gasteiger charge is 2.40. The molecule has 1 aromatic rings. The van der Waals surface area contributed by atoms with Gasteiger partial charge in [-0.1, -0.05) is 12.2 Å². The number of nitrogens with two attached hydrogens (primary N) is 1. The third-order valence-electron chi connectivity index (χ3n) is 4.43. The van der Waals surface area contributed by atoms with E-state index in [1.54, 1.807) is 0 Å². The van der Waals surface area contributed by atoms with E-state index in [1.165, 1.54) is 0 Å². The minimum absolute atomic E-state index is 0.0900. The molecule has 1 saturated heterocycles. The van der Waals surface area contributed by atoms with Crippen LogP contribution in [-0.2, 0) is 9.53 Å². The summed E-state index contributed by atoms with van der Waals surface area (Å²) in [6.45, 7) is 3.94. The van der Waals surface area contributed by atoms with Crippen LogP contribution >= 0.6 is 12.2 Å². The molecule has 22 heavy (non-hydrogen) atoms. The number of nitrogens with zero attached hydrogens (tertiary/aromatic N) is 1. The maximum absolute atomic E-state index is 12.2. The van der Waals surface area contributed by atoms with Crippen LogP contribution in [-0.4, -0.2) is 36.2 Å². The number of hydrogen-bond donors (Lipinski definition) is 2. The highest BCUT2D eigenvalue weighted by molar-refractivity contribution is 7.80. The number of ether oxygens (including phenoxy) is 1. The van der Waals surface area contributed by atoms with Crippen LogP contribution in [0.5, 0.6) is 0 Å². The monoisotopic (exact) mass is 319 g/mol. The quantitative estimate of drug-likeness (QED) is 0.834.